The number of aryl methyl sites for hydroxylation is 1. The third kappa shape index (κ3) is 10.3. The van der Waals surface area contributed by atoms with Crippen molar-refractivity contribution in [1.82, 2.24) is 14.8 Å². The van der Waals surface area contributed by atoms with Crippen LogP contribution in [-0.2, 0) is 20.9 Å². The van der Waals surface area contributed by atoms with E-state index in [0.717, 1.165) is 27.9 Å². The lowest BCUT2D eigenvalue weighted by molar-refractivity contribution is -0.274. The Labute approximate surface area is 325 Å². The Bertz CT molecular complexity index is 2220. The lowest BCUT2D eigenvalue weighted by Crippen LogP contribution is -2.31. The molecule has 55 heavy (non-hydrogen) atoms. The molecule has 1 aromatic heterocycles. The number of hydrogen-bond acceptors (Lipinski definition) is 8. The van der Waals surface area contributed by atoms with Crippen molar-refractivity contribution in [1.29, 1.82) is 0 Å². The molecule has 2 heterocycles. The Morgan fingerprint density at radius 2 is 1.75 bits per heavy atom. The fourth-order valence-electron chi connectivity index (χ4n) is 5.71. The number of esters is 1. The van der Waals surface area contributed by atoms with Crippen LogP contribution in [0.3, 0.4) is 0 Å². The summed E-state index contributed by atoms with van der Waals surface area (Å²) in [4.78, 5) is 37.6. The van der Waals surface area contributed by atoms with Crippen LogP contribution in [0.15, 0.2) is 114 Å². The quantitative estimate of drug-likeness (QED) is 0.0912. The largest absolute Gasteiger partial charge is 0.573 e. The van der Waals surface area contributed by atoms with Crippen LogP contribution in [0, 0.1) is 12.8 Å². The van der Waals surface area contributed by atoms with Gasteiger partial charge in [-0.3, -0.25) is 14.5 Å². The number of benzene rings is 4. The molecule has 0 bridgehead atoms. The van der Waals surface area contributed by atoms with E-state index in [1.807, 2.05) is 79.7 Å². The number of amidine groups is 1. The highest BCUT2D eigenvalue weighted by atomic mass is 32.2. The number of anilines is 1. The lowest BCUT2D eigenvalue weighted by Gasteiger charge is -2.22. The zero-order chi connectivity index (χ0) is 39.1. The zero-order valence-electron chi connectivity index (χ0n) is 30.1. The van der Waals surface area contributed by atoms with E-state index in [1.54, 1.807) is 17.1 Å². The van der Waals surface area contributed by atoms with Crippen molar-refractivity contribution in [2.24, 2.45) is 10.9 Å². The summed E-state index contributed by atoms with van der Waals surface area (Å²) in [6, 6.07) is 28.0. The molecule has 0 aliphatic carbocycles. The second-order valence-electron chi connectivity index (χ2n) is 13.0. The van der Waals surface area contributed by atoms with E-state index in [4.69, 9.17) is 21.9 Å². The number of carbonyl (C=O) groups excluding carboxylic acids is 2. The second-order valence-corrected chi connectivity index (χ2v) is 14.4. The van der Waals surface area contributed by atoms with E-state index in [1.165, 1.54) is 47.0 Å². The monoisotopic (exact) mass is 783 g/mol. The Morgan fingerprint density at radius 3 is 2.44 bits per heavy atom. The Morgan fingerprint density at radius 1 is 1.02 bits per heavy atom. The fraction of sp³-hybridized carbons (Fsp3) is 0.220. The van der Waals surface area contributed by atoms with E-state index >= 15 is 0 Å². The molecule has 5 aromatic rings. The maximum Gasteiger partial charge on any atom is 0.573 e. The summed E-state index contributed by atoms with van der Waals surface area (Å²) in [6.45, 7) is 6.22. The van der Waals surface area contributed by atoms with Gasteiger partial charge in [-0.2, -0.15) is 0 Å². The minimum atomic E-state index is -4.78. The number of carbonyl (C=O) groups is 2. The van der Waals surface area contributed by atoms with Gasteiger partial charge in [0.05, 0.1) is 23.0 Å². The van der Waals surface area contributed by atoms with Crippen molar-refractivity contribution in [3.63, 3.8) is 0 Å². The first kappa shape index (κ1) is 39.1. The summed E-state index contributed by atoms with van der Waals surface area (Å²) in [7, 11) is 0. The topological polar surface area (TPSA) is 98.9 Å². The van der Waals surface area contributed by atoms with E-state index in [2.05, 4.69) is 28.7 Å². The molecule has 0 spiro atoms. The van der Waals surface area contributed by atoms with Crippen LogP contribution in [-0.4, -0.2) is 48.9 Å². The molecule has 9 nitrogen and oxygen atoms in total. The molecule has 14 heteroatoms. The first-order valence-electron chi connectivity index (χ1n) is 17.3. The molecule has 282 valence electrons. The number of thioether (sulfide) groups is 1. The number of alkyl halides is 3. The lowest BCUT2D eigenvalue weighted by atomic mass is 9.99. The number of ether oxygens (including phenoxy) is 2. The molecule has 0 saturated carbocycles. The molecule has 1 fully saturated rings. The smallest absolute Gasteiger partial charge is 0.460 e. The molecule has 1 unspecified atom stereocenters. The van der Waals surface area contributed by atoms with Crippen LogP contribution in [0.1, 0.15) is 48.4 Å². The van der Waals surface area contributed by atoms with Crippen LogP contribution in [0.2, 0.25) is 0 Å². The number of rotatable bonds is 12. The molecule has 0 N–H and O–H groups in total. The standard InChI is InChI=1S/C41H36F3N5O4S2/c1-26(2)34-20-9-27(3)21-35(34)49-37(50)24-55-40(49)46-36(54)22-31(39(51)52-23-29-7-5-4-6-8-29)15-12-28-10-13-30(14-11-28)38-45-25-48(47-38)32-16-18-33(19-17-32)53-41(42,43)44/h4-21,25-26,31H,22-24H2,1-3H3/b15-12-,46-40?. The van der Waals surface area contributed by atoms with Gasteiger partial charge in [0, 0.05) is 12.0 Å². The van der Waals surface area contributed by atoms with Crippen LogP contribution >= 0.6 is 24.0 Å². The van der Waals surface area contributed by atoms with Crippen LogP contribution in [0.25, 0.3) is 23.2 Å². The average molecular weight is 784 g/mol. The van der Waals surface area contributed by atoms with Gasteiger partial charge < -0.3 is 9.47 Å². The average Bonchev–Trinajstić information content (AvgIpc) is 3.79. The highest BCUT2D eigenvalue weighted by Crippen LogP contribution is 2.34. The van der Waals surface area contributed by atoms with E-state index in [9.17, 15) is 22.8 Å². The molecular formula is C41H36F3N5O4S2. The van der Waals surface area contributed by atoms with E-state index in [-0.39, 0.29) is 41.3 Å². The Kier molecular flexibility index (Phi) is 12.3. The highest BCUT2D eigenvalue weighted by Gasteiger charge is 2.33. The van der Waals surface area contributed by atoms with E-state index in [0.29, 0.717) is 22.2 Å². The van der Waals surface area contributed by atoms with Crippen molar-refractivity contribution in [3.05, 3.63) is 132 Å². The van der Waals surface area contributed by atoms with Gasteiger partial charge in [0.1, 0.15) is 23.7 Å². The number of aliphatic imine (C=N–C) groups is 1. The number of halogens is 3. The predicted molar refractivity (Wildman–Crippen MR) is 212 cm³/mol. The summed E-state index contributed by atoms with van der Waals surface area (Å²) in [5.74, 6) is -0.856. The van der Waals surface area contributed by atoms with Crippen molar-refractivity contribution in [2.75, 3.05) is 10.7 Å². The van der Waals surface area contributed by atoms with Crippen molar-refractivity contribution in [3.8, 4) is 22.8 Å². The van der Waals surface area contributed by atoms with Crippen LogP contribution < -0.4 is 9.64 Å². The number of amides is 1. The van der Waals surface area contributed by atoms with Crippen LogP contribution in [0.4, 0.5) is 18.9 Å². The molecular weight excluding hydrogens is 748 g/mol. The zero-order valence-corrected chi connectivity index (χ0v) is 31.7. The Hall–Kier alpha value is -5.60. The molecule has 1 aliphatic heterocycles. The predicted octanol–water partition coefficient (Wildman–Crippen LogP) is 9.49. The van der Waals surface area contributed by atoms with Gasteiger partial charge in [-0.05, 0) is 65.4 Å². The summed E-state index contributed by atoms with van der Waals surface area (Å²) in [6.07, 6.45) is 0.295. The highest BCUT2D eigenvalue weighted by molar-refractivity contribution is 8.15. The summed E-state index contributed by atoms with van der Waals surface area (Å²) < 4.78 is 48.7. The van der Waals surface area contributed by atoms with Crippen molar-refractivity contribution >= 4 is 57.8 Å². The molecule has 4 aromatic carbocycles. The maximum absolute atomic E-state index is 13.5. The summed E-state index contributed by atoms with van der Waals surface area (Å²) in [5.41, 5.74) is 5.65. The summed E-state index contributed by atoms with van der Waals surface area (Å²) in [5, 5.41) is 4.93. The maximum atomic E-state index is 13.5. The first-order valence-corrected chi connectivity index (χ1v) is 18.7. The second kappa shape index (κ2) is 17.2. The fourth-order valence-corrected chi connectivity index (χ4v) is 6.92. The van der Waals surface area contributed by atoms with Gasteiger partial charge in [-0.15, -0.1) is 18.3 Å². The molecule has 1 amide bonds. The third-order valence-electron chi connectivity index (χ3n) is 8.47. The molecule has 0 radical (unpaired) electrons. The molecule has 1 atom stereocenters. The van der Waals surface area contributed by atoms with Crippen molar-refractivity contribution in [2.45, 2.75) is 46.1 Å². The minimum Gasteiger partial charge on any atom is -0.460 e. The SMILES string of the molecule is Cc1ccc(C(C)C)c(N2C(=O)CSC2=NC(=S)CC(/C=C\c2ccc(-c3ncn(-c4ccc(OC(F)(F)F)cc4)n3)cc2)C(=O)OCc2ccccc2)c1. The van der Waals surface area contributed by atoms with Gasteiger partial charge in [0.15, 0.2) is 11.0 Å². The van der Waals surface area contributed by atoms with Crippen molar-refractivity contribution < 1.29 is 32.2 Å². The third-order valence-corrected chi connectivity index (χ3v) is 9.65. The van der Waals surface area contributed by atoms with Crippen LogP contribution in [0.5, 0.6) is 5.75 Å². The number of thiocarbonyl (C=S) groups is 1. The summed E-state index contributed by atoms with van der Waals surface area (Å²) >= 11 is 7.05. The minimum absolute atomic E-state index is 0.0825. The van der Waals surface area contributed by atoms with Gasteiger partial charge >= 0.3 is 12.3 Å². The van der Waals surface area contributed by atoms with Gasteiger partial charge in [-0.25, -0.2) is 14.7 Å². The van der Waals surface area contributed by atoms with Gasteiger partial charge in [0.25, 0.3) is 0 Å². The Balaban J connectivity index is 1.18. The number of nitrogens with zero attached hydrogens (tertiary/aromatic N) is 5. The first-order chi connectivity index (χ1) is 26.3. The molecule has 1 aliphatic rings. The van der Waals surface area contributed by atoms with Gasteiger partial charge in [0.2, 0.25) is 5.91 Å². The normalized spacial score (nSPS) is 14.6. The van der Waals surface area contributed by atoms with Gasteiger partial charge in [-0.1, -0.05) is 117 Å². The number of hydrogen-bond donors (Lipinski definition) is 0. The molecule has 1 saturated heterocycles. The number of aromatic nitrogens is 3. The molecule has 6 rings (SSSR count). The van der Waals surface area contributed by atoms with E-state index < -0.39 is 18.2 Å².